The Hall–Kier alpha value is -1.89. The number of amides is 1. The Kier molecular flexibility index (Phi) is 6.52. The highest BCUT2D eigenvalue weighted by Crippen LogP contribution is 2.31. The number of para-hydroxylation sites is 1. The van der Waals surface area contributed by atoms with E-state index in [1.807, 2.05) is 29.2 Å². The zero-order valence-electron chi connectivity index (χ0n) is 16.3. The fraction of sp³-hybridized carbons (Fsp3) is 0.333. The van der Waals surface area contributed by atoms with Gasteiger partial charge in [0.1, 0.15) is 0 Å². The van der Waals surface area contributed by atoms with Crippen LogP contribution in [0, 0.1) is 6.92 Å². The number of hydrogen-bond acceptors (Lipinski definition) is 4. The average molecular weight is 401 g/mol. The Morgan fingerprint density at radius 3 is 2.70 bits per heavy atom. The van der Waals surface area contributed by atoms with Gasteiger partial charge in [-0.15, -0.1) is 11.8 Å². The van der Waals surface area contributed by atoms with Crippen LogP contribution in [0.4, 0.5) is 5.13 Å². The Labute approximate surface area is 169 Å². The highest BCUT2D eigenvalue weighted by Gasteiger charge is 2.22. The van der Waals surface area contributed by atoms with Crippen molar-refractivity contribution in [1.29, 1.82) is 0 Å². The summed E-state index contributed by atoms with van der Waals surface area (Å²) in [6.45, 7) is 5.69. The number of nitrogens with one attached hydrogen (secondary N) is 1. The van der Waals surface area contributed by atoms with Gasteiger partial charge < -0.3 is 4.90 Å². The van der Waals surface area contributed by atoms with Crippen LogP contribution in [0.3, 0.4) is 0 Å². The fourth-order valence-electron chi connectivity index (χ4n) is 2.85. The fourth-order valence-corrected chi connectivity index (χ4v) is 4.64. The van der Waals surface area contributed by atoms with Crippen molar-refractivity contribution in [2.75, 3.05) is 37.8 Å². The van der Waals surface area contributed by atoms with Gasteiger partial charge in [-0.1, -0.05) is 36.5 Å². The number of hydrogen-bond donors (Lipinski definition) is 1. The van der Waals surface area contributed by atoms with E-state index in [1.165, 1.54) is 4.90 Å². The van der Waals surface area contributed by atoms with Gasteiger partial charge in [0, 0.05) is 10.5 Å². The number of rotatable bonds is 7. The molecule has 0 aliphatic rings. The largest absolute Gasteiger partial charge is 0.338 e. The van der Waals surface area contributed by atoms with E-state index >= 15 is 0 Å². The van der Waals surface area contributed by atoms with Crippen molar-refractivity contribution < 1.29 is 9.69 Å². The summed E-state index contributed by atoms with van der Waals surface area (Å²) < 4.78 is 1.12. The summed E-state index contributed by atoms with van der Waals surface area (Å²) in [5.41, 5.74) is 2.85. The van der Waals surface area contributed by atoms with Crippen LogP contribution in [0.15, 0.2) is 47.4 Å². The third-order valence-corrected chi connectivity index (χ3v) is 6.23. The van der Waals surface area contributed by atoms with E-state index in [-0.39, 0.29) is 5.91 Å². The summed E-state index contributed by atoms with van der Waals surface area (Å²) in [7, 11) is 4.20. The molecule has 0 aliphatic heterocycles. The van der Waals surface area contributed by atoms with Gasteiger partial charge >= 0.3 is 0 Å². The molecular weight excluding hydrogens is 374 g/mol. The lowest BCUT2D eigenvalue weighted by Crippen LogP contribution is -3.06. The first-order valence-electron chi connectivity index (χ1n) is 9.19. The molecule has 0 bridgehead atoms. The molecule has 0 radical (unpaired) electrons. The molecule has 27 heavy (non-hydrogen) atoms. The van der Waals surface area contributed by atoms with E-state index in [9.17, 15) is 4.79 Å². The topological polar surface area (TPSA) is 37.6 Å². The van der Waals surface area contributed by atoms with Crippen molar-refractivity contribution in [3.8, 4) is 0 Å². The molecule has 3 rings (SSSR count). The number of thioether (sulfide) groups is 1. The molecule has 0 atom stereocenters. The third kappa shape index (κ3) is 4.69. The van der Waals surface area contributed by atoms with Crippen LogP contribution in [-0.4, -0.2) is 43.8 Å². The number of carbonyl (C=O) groups is 1. The molecule has 0 saturated carbocycles. The van der Waals surface area contributed by atoms with Crippen LogP contribution in [0.5, 0.6) is 0 Å². The maximum atomic E-state index is 13.4. The molecule has 142 valence electrons. The highest BCUT2D eigenvalue weighted by molar-refractivity contribution is 7.99. The van der Waals surface area contributed by atoms with Crippen molar-refractivity contribution in [3.63, 3.8) is 0 Å². The van der Waals surface area contributed by atoms with Crippen molar-refractivity contribution in [2.45, 2.75) is 18.7 Å². The van der Waals surface area contributed by atoms with Gasteiger partial charge in [-0.05, 0) is 42.5 Å². The number of anilines is 1. The van der Waals surface area contributed by atoms with Crippen LogP contribution in [-0.2, 0) is 0 Å². The van der Waals surface area contributed by atoms with Gasteiger partial charge in [-0.3, -0.25) is 9.69 Å². The van der Waals surface area contributed by atoms with Gasteiger partial charge in [0.2, 0.25) is 0 Å². The van der Waals surface area contributed by atoms with Gasteiger partial charge in [0.05, 0.1) is 37.4 Å². The molecule has 6 heteroatoms. The van der Waals surface area contributed by atoms with E-state index in [2.05, 4.69) is 46.1 Å². The summed E-state index contributed by atoms with van der Waals surface area (Å²) in [5, 5.41) is 0.777. The molecule has 2 aromatic carbocycles. The first kappa shape index (κ1) is 19.9. The summed E-state index contributed by atoms with van der Waals surface area (Å²) >= 11 is 3.34. The predicted octanol–water partition coefficient (Wildman–Crippen LogP) is 3.51. The first-order chi connectivity index (χ1) is 13.0. The quantitative estimate of drug-likeness (QED) is 0.617. The van der Waals surface area contributed by atoms with Gasteiger partial charge in [0.25, 0.3) is 5.91 Å². The predicted molar refractivity (Wildman–Crippen MR) is 117 cm³/mol. The molecule has 4 nitrogen and oxygen atoms in total. The monoisotopic (exact) mass is 400 g/mol. The van der Waals surface area contributed by atoms with Crippen LogP contribution in [0.1, 0.15) is 22.8 Å². The molecule has 0 fully saturated rings. The summed E-state index contributed by atoms with van der Waals surface area (Å²) in [6, 6.07) is 14.1. The maximum Gasteiger partial charge on any atom is 0.260 e. The Morgan fingerprint density at radius 1 is 1.22 bits per heavy atom. The molecule has 1 aromatic heterocycles. The number of likely N-dealkylation sites (N-methyl/N-ethyl adjacent to an activating group) is 1. The van der Waals surface area contributed by atoms with E-state index in [0.717, 1.165) is 43.7 Å². The number of thiazole rings is 1. The lowest BCUT2D eigenvalue weighted by Gasteiger charge is -2.21. The Morgan fingerprint density at radius 2 is 2.00 bits per heavy atom. The standard InChI is InChI=1S/C21H25N3OS2/c1-5-26-17-10-7-9-16(14-17)20(25)24(13-12-23(3)4)21-22-19-15(2)8-6-11-18(19)27-21/h6-11,14H,5,12-13H2,1-4H3/p+1. The second kappa shape index (κ2) is 8.87. The first-order valence-corrected chi connectivity index (χ1v) is 11.0. The number of aryl methyl sites for hydroxylation is 1. The Balaban J connectivity index is 1.98. The number of fused-ring (bicyclic) bond motifs is 1. The summed E-state index contributed by atoms with van der Waals surface area (Å²) in [6.07, 6.45) is 0. The molecule has 0 spiro atoms. The van der Waals surface area contributed by atoms with Crippen molar-refractivity contribution in [3.05, 3.63) is 53.6 Å². The van der Waals surface area contributed by atoms with Crippen LogP contribution < -0.4 is 9.80 Å². The SMILES string of the molecule is CCSc1cccc(C(=O)N(CC[NH+](C)C)c2nc3c(C)cccc3s2)c1. The lowest BCUT2D eigenvalue weighted by molar-refractivity contribution is -0.856. The molecule has 0 aliphatic carbocycles. The second-order valence-electron chi connectivity index (χ2n) is 6.79. The zero-order valence-corrected chi connectivity index (χ0v) is 17.9. The van der Waals surface area contributed by atoms with E-state index < -0.39 is 0 Å². The normalized spacial score (nSPS) is 11.3. The van der Waals surface area contributed by atoms with E-state index in [0.29, 0.717) is 6.54 Å². The van der Waals surface area contributed by atoms with Gasteiger partial charge in [0.15, 0.2) is 5.13 Å². The number of carbonyl (C=O) groups excluding carboxylic acids is 1. The van der Waals surface area contributed by atoms with Crippen molar-refractivity contribution >= 4 is 44.4 Å². The molecule has 0 unspecified atom stereocenters. The van der Waals surface area contributed by atoms with Gasteiger partial charge in [-0.25, -0.2) is 4.98 Å². The second-order valence-corrected chi connectivity index (χ2v) is 9.14. The van der Waals surface area contributed by atoms with Crippen LogP contribution >= 0.6 is 23.1 Å². The number of nitrogens with zero attached hydrogens (tertiary/aromatic N) is 2. The minimum absolute atomic E-state index is 0.0199. The van der Waals surface area contributed by atoms with Crippen molar-refractivity contribution in [1.82, 2.24) is 4.98 Å². The molecule has 0 saturated heterocycles. The smallest absolute Gasteiger partial charge is 0.260 e. The zero-order chi connectivity index (χ0) is 19.4. The van der Waals surface area contributed by atoms with E-state index in [4.69, 9.17) is 4.98 Å². The Bertz CT molecular complexity index is 936. The summed E-state index contributed by atoms with van der Waals surface area (Å²) in [4.78, 5) is 22.4. The number of quaternary nitrogens is 1. The maximum absolute atomic E-state index is 13.4. The number of benzene rings is 2. The lowest BCUT2D eigenvalue weighted by atomic mass is 10.2. The minimum atomic E-state index is 0.0199. The minimum Gasteiger partial charge on any atom is -0.338 e. The third-order valence-electron chi connectivity index (χ3n) is 4.31. The average Bonchev–Trinajstić information content (AvgIpc) is 3.07. The number of aromatic nitrogens is 1. The van der Waals surface area contributed by atoms with E-state index in [1.54, 1.807) is 23.1 Å². The van der Waals surface area contributed by atoms with Crippen LogP contribution in [0.2, 0.25) is 0 Å². The van der Waals surface area contributed by atoms with Gasteiger partial charge in [-0.2, -0.15) is 0 Å². The molecule has 1 heterocycles. The highest BCUT2D eigenvalue weighted by atomic mass is 32.2. The molecule has 1 N–H and O–H groups in total. The molecular formula is C21H26N3OS2+. The molecule has 1 amide bonds. The molecule has 3 aromatic rings. The van der Waals surface area contributed by atoms with Crippen molar-refractivity contribution in [2.24, 2.45) is 0 Å². The summed E-state index contributed by atoms with van der Waals surface area (Å²) in [5.74, 6) is 1.01. The van der Waals surface area contributed by atoms with Crippen LogP contribution in [0.25, 0.3) is 10.2 Å².